The van der Waals surface area contributed by atoms with Crippen molar-refractivity contribution >= 4 is 22.6 Å². The number of ether oxygens (including phenoxy) is 1. The zero-order chi connectivity index (χ0) is 20.1. The van der Waals surface area contributed by atoms with Gasteiger partial charge in [0.15, 0.2) is 0 Å². The maximum Gasteiger partial charge on any atom is 0.124 e. The van der Waals surface area contributed by atoms with E-state index in [0.717, 1.165) is 23.4 Å². The zero-order valence-electron chi connectivity index (χ0n) is 15.8. The van der Waals surface area contributed by atoms with Gasteiger partial charge in [0.25, 0.3) is 0 Å². The highest BCUT2D eigenvalue weighted by Crippen LogP contribution is 2.21. The number of hydrogen-bond acceptors (Lipinski definition) is 3. The molecule has 1 N–H and O–H groups in total. The standard InChI is InChI=1S/C23H21ClFN3O/c24-18-6-11-21-22(14-18)28(12-13-29-20-9-7-19(25)8-10-20)23(27-21)16-26-15-17-4-2-1-3-5-17/h1-11,14,26H,12-13,15-16H2. The third kappa shape index (κ3) is 4.94. The molecule has 0 aliphatic heterocycles. The summed E-state index contributed by atoms with van der Waals surface area (Å²) in [6.45, 7) is 2.43. The monoisotopic (exact) mass is 409 g/mol. The topological polar surface area (TPSA) is 39.1 Å². The molecule has 3 aromatic carbocycles. The number of hydrogen-bond donors (Lipinski definition) is 1. The maximum atomic E-state index is 13.1. The van der Waals surface area contributed by atoms with E-state index in [0.29, 0.717) is 30.5 Å². The normalized spacial score (nSPS) is 11.1. The summed E-state index contributed by atoms with van der Waals surface area (Å²) in [4.78, 5) is 4.76. The number of nitrogens with one attached hydrogen (secondary N) is 1. The summed E-state index contributed by atoms with van der Waals surface area (Å²) in [7, 11) is 0. The molecule has 4 rings (SSSR count). The molecule has 4 nitrogen and oxygen atoms in total. The molecule has 0 unspecified atom stereocenters. The van der Waals surface area contributed by atoms with Crippen molar-refractivity contribution in [1.82, 2.24) is 14.9 Å². The average Bonchev–Trinajstić information content (AvgIpc) is 3.07. The zero-order valence-corrected chi connectivity index (χ0v) is 16.6. The summed E-state index contributed by atoms with van der Waals surface area (Å²) < 4.78 is 20.9. The van der Waals surface area contributed by atoms with Crippen LogP contribution in [0.25, 0.3) is 11.0 Å². The predicted molar refractivity (Wildman–Crippen MR) is 114 cm³/mol. The fraction of sp³-hybridized carbons (Fsp3) is 0.174. The van der Waals surface area contributed by atoms with E-state index in [2.05, 4.69) is 22.0 Å². The minimum atomic E-state index is -0.278. The molecular formula is C23H21ClFN3O. The van der Waals surface area contributed by atoms with Gasteiger partial charge in [0.2, 0.25) is 0 Å². The van der Waals surface area contributed by atoms with Gasteiger partial charge >= 0.3 is 0 Å². The number of fused-ring (bicyclic) bond motifs is 1. The molecule has 0 saturated heterocycles. The second-order valence-corrected chi connectivity index (χ2v) is 7.14. The molecule has 0 atom stereocenters. The summed E-state index contributed by atoms with van der Waals surface area (Å²) >= 11 is 6.21. The van der Waals surface area contributed by atoms with Crippen LogP contribution in [0, 0.1) is 5.82 Å². The third-order valence-corrected chi connectivity index (χ3v) is 4.88. The molecule has 0 fully saturated rings. The van der Waals surface area contributed by atoms with E-state index < -0.39 is 0 Å². The van der Waals surface area contributed by atoms with Crippen LogP contribution in [0.2, 0.25) is 5.02 Å². The summed E-state index contributed by atoms with van der Waals surface area (Å²) in [5.74, 6) is 1.28. The number of rotatable bonds is 8. The molecule has 0 spiro atoms. The van der Waals surface area contributed by atoms with E-state index in [1.165, 1.54) is 17.7 Å². The molecule has 0 radical (unpaired) electrons. The summed E-state index contributed by atoms with van der Waals surface area (Å²) in [5.41, 5.74) is 3.09. The SMILES string of the molecule is Fc1ccc(OCCn2c(CNCc3ccccc3)nc3ccc(Cl)cc32)cc1. The lowest BCUT2D eigenvalue weighted by molar-refractivity contribution is 0.297. The van der Waals surface area contributed by atoms with Gasteiger partial charge in [0.05, 0.1) is 24.1 Å². The van der Waals surface area contributed by atoms with Gasteiger partial charge in [-0.3, -0.25) is 0 Å². The van der Waals surface area contributed by atoms with Crippen LogP contribution in [0.1, 0.15) is 11.4 Å². The van der Waals surface area contributed by atoms with Crippen LogP contribution in [-0.2, 0) is 19.6 Å². The van der Waals surface area contributed by atoms with Crippen molar-refractivity contribution in [1.29, 1.82) is 0 Å². The highest BCUT2D eigenvalue weighted by Gasteiger charge is 2.11. The van der Waals surface area contributed by atoms with Crippen molar-refractivity contribution in [2.75, 3.05) is 6.61 Å². The number of aromatic nitrogens is 2. The number of halogens is 2. The van der Waals surface area contributed by atoms with Crippen molar-refractivity contribution in [2.24, 2.45) is 0 Å². The highest BCUT2D eigenvalue weighted by molar-refractivity contribution is 6.31. The van der Waals surface area contributed by atoms with Crippen molar-refractivity contribution in [3.8, 4) is 5.75 Å². The molecule has 0 saturated carbocycles. The van der Waals surface area contributed by atoms with Gasteiger partial charge < -0.3 is 14.6 Å². The van der Waals surface area contributed by atoms with E-state index in [4.69, 9.17) is 21.3 Å². The Hall–Kier alpha value is -2.89. The summed E-state index contributed by atoms with van der Waals surface area (Å²) in [6, 6.07) is 22.0. The minimum absolute atomic E-state index is 0.278. The lowest BCUT2D eigenvalue weighted by Crippen LogP contribution is -2.18. The van der Waals surface area contributed by atoms with E-state index >= 15 is 0 Å². The van der Waals surface area contributed by atoms with Crippen LogP contribution in [0.3, 0.4) is 0 Å². The molecule has 1 heterocycles. The van der Waals surface area contributed by atoms with Crippen molar-refractivity contribution < 1.29 is 9.13 Å². The largest absolute Gasteiger partial charge is 0.492 e. The number of nitrogens with zero attached hydrogens (tertiary/aromatic N) is 2. The van der Waals surface area contributed by atoms with Crippen LogP contribution in [0.15, 0.2) is 72.8 Å². The Labute approximate surface area is 173 Å². The molecule has 0 aliphatic rings. The van der Waals surface area contributed by atoms with E-state index in [-0.39, 0.29) is 5.82 Å². The third-order valence-electron chi connectivity index (χ3n) is 4.64. The summed E-state index contributed by atoms with van der Waals surface area (Å²) in [6.07, 6.45) is 0. The Balaban J connectivity index is 1.48. The van der Waals surface area contributed by atoms with Crippen LogP contribution < -0.4 is 10.1 Å². The van der Waals surface area contributed by atoms with E-state index in [1.54, 1.807) is 12.1 Å². The fourth-order valence-corrected chi connectivity index (χ4v) is 3.40. The maximum absolute atomic E-state index is 13.1. The average molecular weight is 410 g/mol. The lowest BCUT2D eigenvalue weighted by atomic mass is 10.2. The molecule has 1 aromatic heterocycles. The Bertz CT molecular complexity index is 1080. The molecule has 0 bridgehead atoms. The van der Waals surface area contributed by atoms with Gasteiger partial charge in [-0.15, -0.1) is 0 Å². The Kier molecular flexibility index (Phi) is 6.08. The van der Waals surface area contributed by atoms with Gasteiger partial charge in [0, 0.05) is 11.6 Å². The molecule has 4 aromatic rings. The first-order chi connectivity index (χ1) is 14.2. The summed E-state index contributed by atoms with van der Waals surface area (Å²) in [5, 5.41) is 4.12. The molecule has 29 heavy (non-hydrogen) atoms. The van der Waals surface area contributed by atoms with Crippen LogP contribution >= 0.6 is 11.6 Å². The molecule has 0 amide bonds. The van der Waals surface area contributed by atoms with E-state index in [9.17, 15) is 4.39 Å². The molecule has 0 aliphatic carbocycles. The van der Waals surface area contributed by atoms with Crippen molar-refractivity contribution in [3.63, 3.8) is 0 Å². The van der Waals surface area contributed by atoms with Crippen LogP contribution in [0.5, 0.6) is 5.75 Å². The molecule has 6 heteroatoms. The van der Waals surface area contributed by atoms with Gasteiger partial charge in [-0.05, 0) is 48.0 Å². The van der Waals surface area contributed by atoms with Crippen molar-refractivity contribution in [2.45, 2.75) is 19.6 Å². The first-order valence-electron chi connectivity index (χ1n) is 9.47. The quantitative estimate of drug-likeness (QED) is 0.435. The smallest absolute Gasteiger partial charge is 0.124 e. The van der Waals surface area contributed by atoms with Gasteiger partial charge in [-0.25, -0.2) is 9.37 Å². The van der Waals surface area contributed by atoms with Gasteiger partial charge in [0.1, 0.15) is 24.0 Å². The first kappa shape index (κ1) is 19.4. The second-order valence-electron chi connectivity index (χ2n) is 6.70. The van der Waals surface area contributed by atoms with Gasteiger partial charge in [-0.2, -0.15) is 0 Å². The highest BCUT2D eigenvalue weighted by atomic mass is 35.5. The number of imidazole rings is 1. The lowest BCUT2D eigenvalue weighted by Gasteiger charge is -2.12. The Morgan fingerprint density at radius 1 is 0.966 bits per heavy atom. The van der Waals surface area contributed by atoms with E-state index in [1.807, 2.05) is 36.4 Å². The second kappa shape index (κ2) is 9.07. The Morgan fingerprint density at radius 3 is 2.55 bits per heavy atom. The predicted octanol–water partition coefficient (Wildman–Crippen LogP) is 5.20. The Morgan fingerprint density at radius 2 is 1.76 bits per heavy atom. The minimum Gasteiger partial charge on any atom is -0.492 e. The van der Waals surface area contributed by atoms with Crippen molar-refractivity contribution in [3.05, 3.63) is 95.0 Å². The first-order valence-corrected chi connectivity index (χ1v) is 9.84. The number of benzene rings is 3. The molecular weight excluding hydrogens is 389 g/mol. The molecule has 148 valence electrons. The van der Waals surface area contributed by atoms with Crippen LogP contribution in [-0.4, -0.2) is 16.2 Å². The fourth-order valence-electron chi connectivity index (χ4n) is 3.23. The van der Waals surface area contributed by atoms with Gasteiger partial charge in [-0.1, -0.05) is 41.9 Å². The van der Waals surface area contributed by atoms with Crippen LogP contribution in [0.4, 0.5) is 4.39 Å².